The Morgan fingerprint density at radius 1 is 1.03 bits per heavy atom. The predicted octanol–water partition coefficient (Wildman–Crippen LogP) is 1.62. The number of hydrogen-bond donors (Lipinski definition) is 2. The van der Waals surface area contributed by atoms with Crippen molar-refractivity contribution in [2.24, 2.45) is 0 Å². The smallest absolute Gasteiger partial charge is 0.268 e. The Morgan fingerprint density at radius 2 is 1.86 bits per heavy atom. The van der Waals surface area contributed by atoms with Crippen molar-refractivity contribution < 1.29 is 17.9 Å². The molecular formula is C20H20N4O4S. The van der Waals surface area contributed by atoms with E-state index in [9.17, 15) is 13.2 Å². The SMILES string of the molecule is O=C1COc2ccc(S(=O)(=O)n3ccc4c(N5CCNCC5)cccc43)cc2N1. The maximum atomic E-state index is 13.3. The second-order valence-corrected chi connectivity index (χ2v) is 8.87. The minimum absolute atomic E-state index is 0.0733. The first-order chi connectivity index (χ1) is 14.0. The fraction of sp³-hybridized carbons (Fsp3) is 0.250. The highest BCUT2D eigenvalue weighted by Gasteiger charge is 2.24. The molecular weight excluding hydrogens is 392 g/mol. The van der Waals surface area contributed by atoms with Crippen LogP contribution in [0.2, 0.25) is 0 Å². The Balaban J connectivity index is 1.58. The number of piperazine rings is 1. The van der Waals surface area contributed by atoms with E-state index in [0.717, 1.165) is 37.3 Å². The van der Waals surface area contributed by atoms with Gasteiger partial charge in [-0.05, 0) is 36.4 Å². The lowest BCUT2D eigenvalue weighted by Gasteiger charge is -2.30. The molecule has 0 bridgehead atoms. The summed E-state index contributed by atoms with van der Waals surface area (Å²) in [6, 6.07) is 12.1. The molecule has 0 unspecified atom stereocenters. The monoisotopic (exact) mass is 412 g/mol. The van der Waals surface area contributed by atoms with E-state index in [1.54, 1.807) is 12.3 Å². The minimum Gasteiger partial charge on any atom is -0.482 e. The van der Waals surface area contributed by atoms with Gasteiger partial charge in [-0.3, -0.25) is 4.79 Å². The number of ether oxygens (including phenoxy) is 1. The van der Waals surface area contributed by atoms with E-state index in [1.807, 2.05) is 24.3 Å². The van der Waals surface area contributed by atoms with E-state index < -0.39 is 10.0 Å². The van der Waals surface area contributed by atoms with Crippen molar-refractivity contribution >= 4 is 38.2 Å². The average Bonchev–Trinajstić information content (AvgIpc) is 3.19. The standard InChI is InChI=1S/C20H20N4O4S/c25-20-13-28-19-5-4-14(12-16(19)22-20)29(26,27)24-9-6-15-17(2-1-3-18(15)24)23-10-7-21-8-11-23/h1-6,9,12,21H,7-8,10-11,13H2,(H,22,25). The maximum absolute atomic E-state index is 13.3. The van der Waals surface area contributed by atoms with E-state index in [2.05, 4.69) is 15.5 Å². The molecule has 5 rings (SSSR count). The number of carbonyl (C=O) groups is 1. The van der Waals surface area contributed by atoms with Crippen molar-refractivity contribution in [3.05, 3.63) is 48.7 Å². The Labute approximate surface area is 168 Å². The van der Waals surface area contributed by atoms with Crippen molar-refractivity contribution in [3.8, 4) is 5.75 Å². The molecule has 2 aliphatic rings. The Hall–Kier alpha value is -3.04. The van der Waals surface area contributed by atoms with Crippen LogP contribution in [0.15, 0.2) is 53.6 Å². The van der Waals surface area contributed by atoms with Gasteiger partial charge in [0.2, 0.25) is 0 Å². The zero-order valence-corrected chi connectivity index (χ0v) is 16.4. The van der Waals surface area contributed by atoms with Crippen molar-refractivity contribution in [2.45, 2.75) is 4.90 Å². The van der Waals surface area contributed by atoms with Crippen LogP contribution in [0.4, 0.5) is 11.4 Å². The molecule has 8 nitrogen and oxygen atoms in total. The predicted molar refractivity (Wildman–Crippen MR) is 110 cm³/mol. The van der Waals surface area contributed by atoms with Crippen LogP contribution in [-0.4, -0.2) is 51.1 Å². The van der Waals surface area contributed by atoms with Crippen LogP contribution in [0.25, 0.3) is 10.9 Å². The highest BCUT2D eigenvalue weighted by Crippen LogP contribution is 2.33. The average molecular weight is 412 g/mol. The second kappa shape index (κ2) is 6.78. The number of amides is 1. The molecule has 2 N–H and O–H groups in total. The zero-order valence-electron chi connectivity index (χ0n) is 15.6. The first kappa shape index (κ1) is 18.0. The number of nitrogens with zero attached hydrogens (tertiary/aromatic N) is 2. The molecule has 150 valence electrons. The van der Waals surface area contributed by atoms with Crippen molar-refractivity contribution in [3.63, 3.8) is 0 Å². The molecule has 0 saturated carbocycles. The molecule has 1 fully saturated rings. The summed E-state index contributed by atoms with van der Waals surface area (Å²) < 4.78 is 33.3. The van der Waals surface area contributed by atoms with Gasteiger partial charge in [0, 0.05) is 43.4 Å². The summed E-state index contributed by atoms with van der Waals surface area (Å²) in [5.74, 6) is 0.154. The summed E-state index contributed by atoms with van der Waals surface area (Å²) in [6.45, 7) is 3.48. The number of carbonyl (C=O) groups excluding carboxylic acids is 1. The van der Waals surface area contributed by atoms with Crippen LogP contribution in [-0.2, 0) is 14.8 Å². The molecule has 2 aromatic carbocycles. The molecule has 0 aliphatic carbocycles. The number of benzene rings is 2. The van der Waals surface area contributed by atoms with Gasteiger partial charge in [0.15, 0.2) is 6.61 Å². The highest BCUT2D eigenvalue weighted by atomic mass is 32.2. The third kappa shape index (κ3) is 3.02. The number of fused-ring (bicyclic) bond motifs is 2. The molecule has 1 saturated heterocycles. The van der Waals surface area contributed by atoms with Crippen molar-refractivity contribution in [2.75, 3.05) is 43.0 Å². The lowest BCUT2D eigenvalue weighted by atomic mass is 10.2. The summed E-state index contributed by atoms with van der Waals surface area (Å²) in [5.41, 5.74) is 2.02. The van der Waals surface area contributed by atoms with Gasteiger partial charge >= 0.3 is 0 Å². The van der Waals surface area contributed by atoms with Gasteiger partial charge in [-0.15, -0.1) is 0 Å². The number of nitrogens with one attached hydrogen (secondary N) is 2. The largest absolute Gasteiger partial charge is 0.482 e. The van der Waals surface area contributed by atoms with Gasteiger partial charge < -0.3 is 20.3 Å². The Morgan fingerprint density at radius 3 is 2.69 bits per heavy atom. The molecule has 0 radical (unpaired) electrons. The number of hydrogen-bond acceptors (Lipinski definition) is 6. The zero-order chi connectivity index (χ0) is 20.0. The summed E-state index contributed by atoms with van der Waals surface area (Å²) in [6.07, 6.45) is 1.58. The fourth-order valence-corrected chi connectivity index (χ4v) is 5.23. The van der Waals surface area contributed by atoms with E-state index in [-0.39, 0.29) is 17.4 Å². The molecule has 29 heavy (non-hydrogen) atoms. The number of aromatic nitrogens is 1. The van der Waals surface area contributed by atoms with Gasteiger partial charge in [-0.2, -0.15) is 0 Å². The van der Waals surface area contributed by atoms with Gasteiger partial charge in [0.1, 0.15) is 5.75 Å². The van der Waals surface area contributed by atoms with E-state index >= 15 is 0 Å². The third-order valence-electron chi connectivity index (χ3n) is 5.27. The van der Waals surface area contributed by atoms with E-state index in [0.29, 0.717) is 17.0 Å². The van der Waals surface area contributed by atoms with Crippen LogP contribution in [0.3, 0.4) is 0 Å². The Kier molecular flexibility index (Phi) is 4.21. The molecule has 3 heterocycles. The van der Waals surface area contributed by atoms with Crippen molar-refractivity contribution in [1.82, 2.24) is 9.29 Å². The molecule has 9 heteroatoms. The molecule has 2 aliphatic heterocycles. The van der Waals surface area contributed by atoms with E-state index in [4.69, 9.17) is 4.74 Å². The van der Waals surface area contributed by atoms with Gasteiger partial charge in [-0.1, -0.05) is 6.07 Å². The lowest BCUT2D eigenvalue weighted by molar-refractivity contribution is -0.118. The highest BCUT2D eigenvalue weighted by molar-refractivity contribution is 7.90. The van der Waals surface area contributed by atoms with Crippen LogP contribution in [0, 0.1) is 0 Å². The molecule has 0 atom stereocenters. The summed E-state index contributed by atoms with van der Waals surface area (Å²) in [5, 5.41) is 6.88. The van der Waals surface area contributed by atoms with Crippen LogP contribution < -0.4 is 20.3 Å². The summed E-state index contributed by atoms with van der Waals surface area (Å²) in [4.78, 5) is 13.9. The first-order valence-electron chi connectivity index (χ1n) is 9.42. The van der Waals surface area contributed by atoms with Crippen LogP contribution in [0.5, 0.6) is 5.75 Å². The minimum atomic E-state index is -3.84. The summed E-state index contributed by atoms with van der Waals surface area (Å²) in [7, 11) is -3.84. The number of anilines is 2. The fourth-order valence-electron chi connectivity index (χ4n) is 3.85. The molecule has 3 aromatic rings. The lowest BCUT2D eigenvalue weighted by Crippen LogP contribution is -2.43. The first-order valence-corrected chi connectivity index (χ1v) is 10.9. The van der Waals surface area contributed by atoms with Crippen LogP contribution in [0.1, 0.15) is 0 Å². The number of rotatable bonds is 3. The third-order valence-corrected chi connectivity index (χ3v) is 6.96. The van der Waals surface area contributed by atoms with E-state index in [1.165, 1.54) is 16.1 Å². The quantitative estimate of drug-likeness (QED) is 0.679. The maximum Gasteiger partial charge on any atom is 0.268 e. The van der Waals surface area contributed by atoms with Gasteiger partial charge in [0.05, 0.1) is 16.1 Å². The van der Waals surface area contributed by atoms with Crippen molar-refractivity contribution in [1.29, 1.82) is 0 Å². The molecule has 0 spiro atoms. The molecule has 1 amide bonds. The molecule has 1 aromatic heterocycles. The Bertz CT molecular complexity index is 1210. The van der Waals surface area contributed by atoms with Gasteiger partial charge in [-0.25, -0.2) is 12.4 Å². The second-order valence-electron chi connectivity index (χ2n) is 7.06. The van der Waals surface area contributed by atoms with Crippen LogP contribution >= 0.6 is 0 Å². The summed E-state index contributed by atoms with van der Waals surface area (Å²) >= 11 is 0. The van der Waals surface area contributed by atoms with Gasteiger partial charge in [0.25, 0.3) is 15.9 Å². The normalized spacial score (nSPS) is 17.0. The topological polar surface area (TPSA) is 92.7 Å².